The summed E-state index contributed by atoms with van der Waals surface area (Å²) in [6.45, 7) is 0. The van der Waals surface area contributed by atoms with Gasteiger partial charge in [0, 0.05) is 0 Å². The van der Waals surface area contributed by atoms with Crippen molar-refractivity contribution in [2.75, 3.05) is 0 Å². The summed E-state index contributed by atoms with van der Waals surface area (Å²) in [7, 11) is 4.35. The van der Waals surface area contributed by atoms with Crippen molar-refractivity contribution in [2.24, 2.45) is 14.1 Å². The van der Waals surface area contributed by atoms with Gasteiger partial charge < -0.3 is 0 Å². The van der Waals surface area contributed by atoms with E-state index in [9.17, 15) is 0 Å². The average Bonchev–Trinajstić information content (AvgIpc) is 2.60. The van der Waals surface area contributed by atoms with Crippen molar-refractivity contribution in [1.82, 2.24) is 4.57 Å². The third-order valence-corrected chi connectivity index (χ3v) is 7.18. The van der Waals surface area contributed by atoms with E-state index in [1.54, 1.807) is 0 Å². The van der Waals surface area contributed by atoms with Crippen LogP contribution in [0.25, 0.3) is 21.8 Å². The quantitative estimate of drug-likeness (QED) is 0.364. The molecule has 4 rings (SSSR count). The zero-order valence-corrected chi connectivity index (χ0v) is 15.1. The number of hydrogen-bond donors (Lipinski definition) is 0. The van der Waals surface area contributed by atoms with Crippen molar-refractivity contribution in [3.63, 3.8) is 0 Å². The van der Waals surface area contributed by atoms with Crippen LogP contribution in [-0.2, 0) is 14.1 Å². The molecule has 0 saturated carbocycles. The Balaban J connectivity index is 1.97. The SMILES string of the molecule is Cn1c(=[As]c2ccc3ccccc3[n+]2C)ccc2ccccc21. The summed E-state index contributed by atoms with van der Waals surface area (Å²) in [5.74, 6) is 0. The predicted molar refractivity (Wildman–Crippen MR) is 96.7 cm³/mol. The van der Waals surface area contributed by atoms with E-state index < -0.39 is 0 Å². The maximum absolute atomic E-state index is 2.34. The number of benzene rings is 2. The Morgan fingerprint density at radius 2 is 1.48 bits per heavy atom. The van der Waals surface area contributed by atoms with Gasteiger partial charge in [-0.15, -0.1) is 0 Å². The summed E-state index contributed by atoms with van der Waals surface area (Å²) in [6, 6.07) is 26.2. The normalized spacial score (nSPS) is 12.2. The van der Waals surface area contributed by atoms with E-state index in [0.29, 0.717) is 0 Å². The van der Waals surface area contributed by atoms with E-state index in [4.69, 9.17) is 0 Å². The molecule has 0 aliphatic carbocycles. The summed E-state index contributed by atoms with van der Waals surface area (Å²) in [5, 5.41) is 2.59. The van der Waals surface area contributed by atoms with Gasteiger partial charge in [0.1, 0.15) is 0 Å². The summed E-state index contributed by atoms with van der Waals surface area (Å²) < 4.78 is 7.49. The van der Waals surface area contributed by atoms with Gasteiger partial charge in [-0.3, -0.25) is 0 Å². The molecule has 0 aliphatic rings. The molecule has 112 valence electrons. The number of aryl methyl sites for hydroxylation is 2. The van der Waals surface area contributed by atoms with E-state index in [0.717, 1.165) is 0 Å². The molecule has 0 bridgehead atoms. The van der Waals surface area contributed by atoms with Crippen LogP contribution < -0.4 is 9.05 Å². The third kappa shape index (κ3) is 2.54. The molecule has 0 amide bonds. The van der Waals surface area contributed by atoms with E-state index in [-0.39, 0.29) is 15.3 Å². The topological polar surface area (TPSA) is 8.81 Å². The van der Waals surface area contributed by atoms with E-state index >= 15 is 0 Å². The molecule has 0 fully saturated rings. The zero-order valence-electron chi connectivity index (χ0n) is 13.3. The minimum atomic E-state index is -0.0675. The Kier molecular flexibility index (Phi) is 3.63. The molecule has 23 heavy (non-hydrogen) atoms. The Bertz CT molecular complexity index is 1090. The first-order chi connectivity index (χ1) is 11.2. The van der Waals surface area contributed by atoms with Crippen LogP contribution in [0.1, 0.15) is 0 Å². The van der Waals surface area contributed by atoms with Gasteiger partial charge in [0.05, 0.1) is 0 Å². The van der Waals surface area contributed by atoms with Gasteiger partial charge in [0.15, 0.2) is 0 Å². The fourth-order valence-electron chi connectivity index (χ4n) is 3.01. The molecule has 0 unspecified atom stereocenters. The van der Waals surface area contributed by atoms with Crippen molar-refractivity contribution < 1.29 is 4.57 Å². The van der Waals surface area contributed by atoms with Crippen molar-refractivity contribution in [2.45, 2.75) is 0 Å². The molecule has 0 atom stereocenters. The Morgan fingerprint density at radius 1 is 0.783 bits per heavy atom. The second kappa shape index (κ2) is 5.79. The second-order valence-electron chi connectivity index (χ2n) is 5.73. The van der Waals surface area contributed by atoms with Crippen LogP contribution in [0.5, 0.6) is 0 Å². The van der Waals surface area contributed by atoms with Gasteiger partial charge in [-0.1, -0.05) is 0 Å². The molecule has 4 aromatic rings. The molecule has 2 heterocycles. The first kappa shape index (κ1) is 14.4. The molecule has 2 aromatic heterocycles. The van der Waals surface area contributed by atoms with Gasteiger partial charge >= 0.3 is 142 Å². The average molecular weight is 361 g/mol. The zero-order chi connectivity index (χ0) is 15.8. The van der Waals surface area contributed by atoms with Crippen molar-refractivity contribution >= 4 is 41.6 Å². The van der Waals surface area contributed by atoms with E-state index in [2.05, 4.69) is 96.0 Å². The monoisotopic (exact) mass is 361 g/mol. The van der Waals surface area contributed by atoms with Crippen LogP contribution in [0.2, 0.25) is 0 Å². The number of fused-ring (bicyclic) bond motifs is 2. The van der Waals surface area contributed by atoms with Gasteiger partial charge in [-0.25, -0.2) is 0 Å². The van der Waals surface area contributed by atoms with Crippen LogP contribution in [0.3, 0.4) is 0 Å². The van der Waals surface area contributed by atoms with E-state index in [1.165, 1.54) is 30.4 Å². The van der Waals surface area contributed by atoms with Crippen molar-refractivity contribution in [3.8, 4) is 0 Å². The van der Waals surface area contributed by atoms with Crippen molar-refractivity contribution in [3.05, 3.63) is 76.9 Å². The Labute approximate surface area is 141 Å². The Morgan fingerprint density at radius 3 is 2.35 bits per heavy atom. The third-order valence-electron chi connectivity index (χ3n) is 4.34. The summed E-state index contributed by atoms with van der Waals surface area (Å²) in [6.07, 6.45) is 0. The molecule has 0 saturated heterocycles. The van der Waals surface area contributed by atoms with E-state index in [1.807, 2.05) is 0 Å². The van der Waals surface area contributed by atoms with Gasteiger partial charge in [-0.05, 0) is 0 Å². The Hall–Kier alpha value is -2.18. The molecule has 0 radical (unpaired) electrons. The molecular formula is C20H18AsN2+. The van der Waals surface area contributed by atoms with Gasteiger partial charge in [-0.2, -0.15) is 0 Å². The van der Waals surface area contributed by atoms with Crippen LogP contribution in [0.4, 0.5) is 0 Å². The number of rotatable bonds is 1. The molecule has 2 aromatic carbocycles. The second-order valence-corrected chi connectivity index (χ2v) is 8.12. The molecule has 0 N–H and O–H groups in total. The standard InChI is InChI=1S/C20H18AsN2/c1-22-17-9-5-3-7-15(17)11-13-19(22)21-20-14-12-16-8-4-6-10-18(16)23(20)2/h3-14H,1-2H3/q+1. The van der Waals surface area contributed by atoms with Crippen LogP contribution >= 0.6 is 0 Å². The summed E-state index contributed by atoms with van der Waals surface area (Å²) >= 11 is -0.0675. The summed E-state index contributed by atoms with van der Waals surface area (Å²) in [5.41, 5.74) is 2.59. The number of nitrogens with zero attached hydrogens (tertiary/aromatic N) is 2. The van der Waals surface area contributed by atoms with Crippen LogP contribution in [0, 0.1) is 4.08 Å². The van der Waals surface area contributed by atoms with Crippen molar-refractivity contribution in [1.29, 1.82) is 0 Å². The summed E-state index contributed by atoms with van der Waals surface area (Å²) in [4.78, 5) is 0. The van der Waals surface area contributed by atoms with Gasteiger partial charge in [0.25, 0.3) is 0 Å². The fourth-order valence-corrected chi connectivity index (χ4v) is 5.21. The molecule has 3 heteroatoms. The molecule has 2 nitrogen and oxygen atoms in total. The number of aromatic nitrogens is 2. The number of pyridine rings is 2. The van der Waals surface area contributed by atoms with Gasteiger partial charge in [0.2, 0.25) is 0 Å². The van der Waals surface area contributed by atoms with Crippen LogP contribution in [0.15, 0.2) is 72.8 Å². The predicted octanol–water partition coefficient (Wildman–Crippen LogP) is 2.72. The number of hydrogen-bond acceptors (Lipinski definition) is 0. The molecule has 0 spiro atoms. The molecule has 0 aliphatic heterocycles. The first-order valence-corrected chi connectivity index (χ1v) is 9.59. The molecular weight excluding hydrogens is 343 g/mol. The fraction of sp³-hybridized carbons (Fsp3) is 0.100. The van der Waals surface area contributed by atoms with Crippen LogP contribution in [-0.4, -0.2) is 19.9 Å². The minimum absolute atomic E-state index is 0.0675. The number of para-hydroxylation sites is 2. The first-order valence-electron chi connectivity index (χ1n) is 7.71. The maximum atomic E-state index is 2.34.